The number of carbonyl (C=O) groups excluding carboxylic acids is 1. The molecule has 2 aliphatic carbocycles. The van der Waals surface area contributed by atoms with Crippen LogP contribution in [0.1, 0.15) is 6.42 Å². The van der Waals surface area contributed by atoms with Gasteiger partial charge in [-0.25, -0.2) is 4.98 Å². The van der Waals surface area contributed by atoms with E-state index in [1.54, 1.807) is 11.6 Å². The molecule has 4 atom stereocenters. The number of fused-ring (bicyclic) bond motifs is 2. The highest BCUT2D eigenvalue weighted by atomic mass is 32.1. The summed E-state index contributed by atoms with van der Waals surface area (Å²) in [6.07, 6.45) is 6.27. The number of carbonyl (C=O) groups is 2. The second-order valence-corrected chi connectivity index (χ2v) is 5.56. The summed E-state index contributed by atoms with van der Waals surface area (Å²) in [6, 6.07) is 0. The number of thiazole rings is 1. The van der Waals surface area contributed by atoms with E-state index in [2.05, 4.69) is 10.3 Å². The molecule has 5 nitrogen and oxygen atoms in total. The van der Waals surface area contributed by atoms with Crippen molar-refractivity contribution >= 4 is 28.3 Å². The molecular weight excluding hydrogens is 252 g/mol. The second kappa shape index (κ2) is 4.20. The number of anilines is 1. The lowest BCUT2D eigenvalue weighted by atomic mass is 9.82. The predicted octanol–water partition coefficient (Wildman–Crippen LogP) is 1.60. The Labute approximate surface area is 108 Å². The van der Waals surface area contributed by atoms with Crippen LogP contribution in [0.25, 0.3) is 0 Å². The van der Waals surface area contributed by atoms with Gasteiger partial charge < -0.3 is 10.4 Å². The molecule has 1 heterocycles. The number of carboxylic acid groups (broad SMARTS) is 1. The van der Waals surface area contributed by atoms with E-state index in [-0.39, 0.29) is 17.7 Å². The van der Waals surface area contributed by atoms with Gasteiger partial charge >= 0.3 is 5.97 Å². The zero-order valence-corrected chi connectivity index (χ0v) is 10.3. The van der Waals surface area contributed by atoms with E-state index in [4.69, 9.17) is 0 Å². The van der Waals surface area contributed by atoms with E-state index in [0.717, 1.165) is 6.42 Å². The number of amides is 1. The van der Waals surface area contributed by atoms with Gasteiger partial charge in [-0.1, -0.05) is 12.2 Å². The second-order valence-electron chi connectivity index (χ2n) is 4.66. The van der Waals surface area contributed by atoms with Gasteiger partial charge in [0.2, 0.25) is 5.91 Å². The average molecular weight is 264 g/mol. The fourth-order valence-electron chi connectivity index (χ4n) is 2.99. The van der Waals surface area contributed by atoms with Gasteiger partial charge in [0.15, 0.2) is 5.13 Å². The highest BCUT2D eigenvalue weighted by molar-refractivity contribution is 7.13. The number of nitrogens with one attached hydrogen (secondary N) is 1. The first-order valence-corrected chi connectivity index (χ1v) is 6.66. The summed E-state index contributed by atoms with van der Waals surface area (Å²) in [4.78, 5) is 27.4. The Balaban J connectivity index is 1.80. The molecule has 1 aromatic rings. The van der Waals surface area contributed by atoms with Crippen molar-refractivity contribution in [2.45, 2.75) is 6.42 Å². The Hall–Kier alpha value is -1.69. The highest BCUT2D eigenvalue weighted by Crippen LogP contribution is 2.48. The quantitative estimate of drug-likeness (QED) is 0.813. The minimum atomic E-state index is -0.883. The van der Waals surface area contributed by atoms with Crippen LogP contribution in [0, 0.1) is 23.7 Å². The number of rotatable bonds is 3. The lowest BCUT2D eigenvalue weighted by molar-refractivity contribution is -0.146. The number of aromatic nitrogens is 1. The lowest BCUT2D eigenvalue weighted by Gasteiger charge is -2.23. The Bertz CT molecular complexity index is 511. The number of allylic oxidation sites excluding steroid dienone is 2. The standard InChI is InChI=1S/C12H12N2O3S/c15-10(14-12-13-3-4-18-12)8-6-1-2-7(5-6)9(8)11(16)17/h1-4,6-9H,5H2,(H,16,17)(H,13,14,15)/t6-,7+,8-,9-/m0/s1. The fraction of sp³-hybridized carbons (Fsp3) is 0.417. The normalized spacial score (nSPS) is 32.7. The monoisotopic (exact) mass is 264 g/mol. The molecule has 1 amide bonds. The maximum atomic E-state index is 12.2. The van der Waals surface area contributed by atoms with E-state index < -0.39 is 17.8 Å². The van der Waals surface area contributed by atoms with Gasteiger partial charge in [-0.2, -0.15) is 0 Å². The smallest absolute Gasteiger partial charge is 0.307 e. The fourth-order valence-corrected chi connectivity index (χ4v) is 3.52. The minimum Gasteiger partial charge on any atom is -0.481 e. The molecule has 0 saturated heterocycles. The van der Waals surface area contributed by atoms with E-state index >= 15 is 0 Å². The molecule has 1 aromatic heterocycles. The number of hydrogen-bond donors (Lipinski definition) is 2. The number of nitrogens with zero attached hydrogens (tertiary/aromatic N) is 1. The van der Waals surface area contributed by atoms with Crippen LogP contribution in [0.3, 0.4) is 0 Å². The number of hydrogen-bond acceptors (Lipinski definition) is 4. The van der Waals surface area contributed by atoms with Crippen molar-refractivity contribution in [3.63, 3.8) is 0 Å². The van der Waals surface area contributed by atoms with Gasteiger partial charge in [0.05, 0.1) is 11.8 Å². The van der Waals surface area contributed by atoms with Crippen LogP contribution in [0.15, 0.2) is 23.7 Å². The van der Waals surface area contributed by atoms with Crippen LogP contribution in [0.4, 0.5) is 5.13 Å². The zero-order valence-electron chi connectivity index (χ0n) is 9.45. The number of aliphatic carboxylic acids is 1. The summed E-state index contributed by atoms with van der Waals surface area (Å²) in [5.74, 6) is -2.13. The van der Waals surface area contributed by atoms with Gasteiger partial charge in [-0.15, -0.1) is 11.3 Å². The van der Waals surface area contributed by atoms with Crippen LogP contribution in [-0.2, 0) is 9.59 Å². The summed E-state index contributed by atoms with van der Waals surface area (Å²) in [6.45, 7) is 0. The summed E-state index contributed by atoms with van der Waals surface area (Å²) < 4.78 is 0. The van der Waals surface area contributed by atoms with E-state index in [1.165, 1.54) is 11.3 Å². The van der Waals surface area contributed by atoms with Crippen molar-refractivity contribution in [2.24, 2.45) is 23.7 Å². The van der Waals surface area contributed by atoms with Crippen LogP contribution < -0.4 is 5.32 Å². The summed E-state index contributed by atoms with van der Waals surface area (Å²) in [5, 5.41) is 14.3. The van der Waals surface area contributed by atoms with Gasteiger partial charge in [-0.05, 0) is 18.3 Å². The van der Waals surface area contributed by atoms with Crippen LogP contribution in [0.5, 0.6) is 0 Å². The Kier molecular flexibility index (Phi) is 2.66. The SMILES string of the molecule is O=C(O)[C@@H]1[C@@H](C(=O)Nc2nccs2)[C@H]2C=C[C@@H]1C2. The molecule has 94 valence electrons. The first-order valence-electron chi connectivity index (χ1n) is 5.78. The molecule has 0 spiro atoms. The summed E-state index contributed by atoms with van der Waals surface area (Å²) >= 11 is 1.33. The predicted molar refractivity (Wildman–Crippen MR) is 66.1 cm³/mol. The van der Waals surface area contributed by atoms with Gasteiger partial charge in [-0.3, -0.25) is 9.59 Å². The summed E-state index contributed by atoms with van der Waals surface area (Å²) in [7, 11) is 0. The number of carboxylic acids is 1. The molecule has 18 heavy (non-hydrogen) atoms. The van der Waals surface area contributed by atoms with Crippen molar-refractivity contribution in [3.05, 3.63) is 23.7 Å². The van der Waals surface area contributed by atoms with Gasteiger partial charge in [0.25, 0.3) is 0 Å². The third kappa shape index (κ3) is 1.73. The van der Waals surface area contributed by atoms with Gasteiger partial charge in [0, 0.05) is 11.6 Å². The van der Waals surface area contributed by atoms with Crippen LogP contribution in [-0.4, -0.2) is 22.0 Å². The lowest BCUT2D eigenvalue weighted by Crippen LogP contribution is -2.36. The van der Waals surface area contributed by atoms with Crippen molar-refractivity contribution in [2.75, 3.05) is 5.32 Å². The maximum Gasteiger partial charge on any atom is 0.307 e. The zero-order chi connectivity index (χ0) is 12.7. The first kappa shape index (κ1) is 11.4. The molecule has 2 bridgehead atoms. The Morgan fingerprint density at radius 3 is 2.67 bits per heavy atom. The molecule has 0 radical (unpaired) electrons. The largest absolute Gasteiger partial charge is 0.481 e. The first-order chi connectivity index (χ1) is 8.66. The van der Waals surface area contributed by atoms with Gasteiger partial charge in [0.1, 0.15) is 0 Å². The van der Waals surface area contributed by atoms with E-state index in [0.29, 0.717) is 5.13 Å². The molecule has 3 rings (SSSR count). The average Bonchev–Trinajstić information content (AvgIpc) is 3.03. The third-order valence-electron chi connectivity index (χ3n) is 3.71. The van der Waals surface area contributed by atoms with Crippen molar-refractivity contribution in [3.8, 4) is 0 Å². The molecule has 1 saturated carbocycles. The topological polar surface area (TPSA) is 79.3 Å². The molecule has 0 unspecified atom stereocenters. The molecule has 0 aliphatic heterocycles. The molecular formula is C12H12N2O3S. The third-order valence-corrected chi connectivity index (χ3v) is 4.40. The van der Waals surface area contributed by atoms with E-state index in [1.807, 2.05) is 12.2 Å². The molecule has 2 N–H and O–H groups in total. The summed E-state index contributed by atoms with van der Waals surface area (Å²) in [5.41, 5.74) is 0. The maximum absolute atomic E-state index is 12.2. The van der Waals surface area contributed by atoms with Crippen molar-refractivity contribution in [1.29, 1.82) is 0 Å². The minimum absolute atomic E-state index is 0.000421. The van der Waals surface area contributed by atoms with Crippen molar-refractivity contribution in [1.82, 2.24) is 4.98 Å². The van der Waals surface area contributed by atoms with Crippen molar-refractivity contribution < 1.29 is 14.7 Å². The Morgan fingerprint density at radius 2 is 2.06 bits per heavy atom. The van der Waals surface area contributed by atoms with Crippen LogP contribution in [0.2, 0.25) is 0 Å². The molecule has 0 aromatic carbocycles. The molecule has 1 fully saturated rings. The molecule has 6 heteroatoms. The highest BCUT2D eigenvalue weighted by Gasteiger charge is 2.51. The van der Waals surface area contributed by atoms with Crippen LogP contribution >= 0.6 is 11.3 Å². The molecule has 2 aliphatic rings. The Morgan fingerprint density at radius 1 is 1.33 bits per heavy atom. The van der Waals surface area contributed by atoms with E-state index in [9.17, 15) is 14.7 Å².